The molecule has 2 atom stereocenters. The number of methoxy groups -OCH3 is 2. The first kappa shape index (κ1) is 21.0. The van der Waals surface area contributed by atoms with E-state index in [1.54, 1.807) is 25.4 Å². The molecule has 1 fully saturated rings. The van der Waals surface area contributed by atoms with E-state index >= 15 is 0 Å². The molecule has 2 aromatic heterocycles. The van der Waals surface area contributed by atoms with Gasteiger partial charge in [-0.05, 0) is 60.7 Å². The molecule has 0 bridgehead atoms. The van der Waals surface area contributed by atoms with Crippen molar-refractivity contribution in [2.24, 2.45) is 0 Å². The Morgan fingerprint density at radius 1 is 1.13 bits per heavy atom. The van der Waals surface area contributed by atoms with Crippen LogP contribution in [0.5, 0.6) is 0 Å². The second-order valence-electron chi connectivity index (χ2n) is 7.15. The van der Waals surface area contributed by atoms with Crippen LogP contribution in [0.3, 0.4) is 0 Å². The molecule has 0 aliphatic carbocycles. The summed E-state index contributed by atoms with van der Waals surface area (Å²) in [6, 6.07) is 17.2. The Morgan fingerprint density at radius 2 is 1.94 bits per heavy atom. The average molecular weight is 437 g/mol. The van der Waals surface area contributed by atoms with Gasteiger partial charge in [-0.15, -0.1) is 0 Å². The molecule has 160 valence electrons. The van der Waals surface area contributed by atoms with Gasteiger partial charge in [-0.3, -0.25) is 4.98 Å². The number of carbonyl (C=O) groups excluding carboxylic acids is 1. The number of ether oxygens (including phenoxy) is 2. The number of hydrogen-bond donors (Lipinski definition) is 1. The van der Waals surface area contributed by atoms with Gasteiger partial charge in [0.2, 0.25) is 0 Å². The van der Waals surface area contributed by atoms with E-state index in [9.17, 15) is 4.79 Å². The second-order valence-corrected chi connectivity index (χ2v) is 7.54. The lowest BCUT2D eigenvalue weighted by Gasteiger charge is -2.28. The fourth-order valence-electron chi connectivity index (χ4n) is 3.90. The van der Waals surface area contributed by atoms with E-state index in [0.29, 0.717) is 23.8 Å². The number of rotatable bonds is 7. The van der Waals surface area contributed by atoms with Gasteiger partial charge < -0.3 is 24.3 Å². The van der Waals surface area contributed by atoms with Crippen molar-refractivity contribution in [3.63, 3.8) is 0 Å². The number of thiocarbonyl (C=S) groups is 1. The lowest BCUT2D eigenvalue weighted by molar-refractivity contribution is 0.0600. The van der Waals surface area contributed by atoms with E-state index in [0.717, 1.165) is 17.1 Å². The zero-order valence-corrected chi connectivity index (χ0v) is 18.2. The number of benzene rings is 1. The lowest BCUT2D eigenvalue weighted by Crippen LogP contribution is -2.33. The summed E-state index contributed by atoms with van der Waals surface area (Å²) in [7, 11) is 3.06. The van der Waals surface area contributed by atoms with Crippen LogP contribution in [-0.4, -0.2) is 52.9 Å². The van der Waals surface area contributed by atoms with Crippen LogP contribution in [0.15, 0.2) is 67.0 Å². The summed E-state index contributed by atoms with van der Waals surface area (Å²) in [5.74, 6) is -0.356. The number of nitrogens with zero attached hydrogens (tertiary/aromatic N) is 3. The molecule has 0 spiro atoms. The van der Waals surface area contributed by atoms with Crippen LogP contribution in [0.1, 0.15) is 33.8 Å². The molecule has 31 heavy (non-hydrogen) atoms. The van der Waals surface area contributed by atoms with Gasteiger partial charge in [0.05, 0.1) is 37.1 Å². The van der Waals surface area contributed by atoms with Gasteiger partial charge in [-0.25, -0.2) is 4.79 Å². The van der Waals surface area contributed by atoms with Crippen molar-refractivity contribution >= 4 is 23.3 Å². The minimum Gasteiger partial charge on any atom is -0.465 e. The van der Waals surface area contributed by atoms with Gasteiger partial charge in [0, 0.05) is 37.4 Å². The predicted octanol–water partition coefficient (Wildman–Crippen LogP) is 3.28. The predicted molar refractivity (Wildman–Crippen MR) is 121 cm³/mol. The third kappa shape index (κ3) is 4.17. The average Bonchev–Trinajstić information content (AvgIpc) is 3.42. The summed E-state index contributed by atoms with van der Waals surface area (Å²) in [6.07, 6.45) is 3.80. The van der Waals surface area contributed by atoms with E-state index in [2.05, 4.69) is 25.8 Å². The van der Waals surface area contributed by atoms with E-state index in [1.807, 2.05) is 42.6 Å². The summed E-state index contributed by atoms with van der Waals surface area (Å²) in [5.41, 5.74) is 3.43. The molecule has 4 rings (SSSR count). The van der Waals surface area contributed by atoms with E-state index in [1.165, 1.54) is 7.11 Å². The highest BCUT2D eigenvalue weighted by Gasteiger charge is 2.41. The highest BCUT2D eigenvalue weighted by atomic mass is 32.1. The zero-order chi connectivity index (χ0) is 21.8. The number of pyridine rings is 1. The molecule has 1 aliphatic rings. The molecule has 0 radical (unpaired) electrons. The number of esters is 1. The molecule has 1 N–H and O–H groups in total. The van der Waals surface area contributed by atoms with Crippen LogP contribution < -0.4 is 5.32 Å². The van der Waals surface area contributed by atoms with Gasteiger partial charge in [-0.2, -0.15) is 0 Å². The number of hydrogen-bond acceptors (Lipinski definition) is 5. The molecule has 3 aromatic rings. The van der Waals surface area contributed by atoms with E-state index in [-0.39, 0.29) is 18.1 Å². The maximum atomic E-state index is 11.8. The Labute approximate surface area is 186 Å². The minimum atomic E-state index is -0.356. The molecular formula is C23H24N4O3S. The Bertz CT molecular complexity index is 1050. The fourth-order valence-corrected chi connectivity index (χ4v) is 4.24. The Kier molecular flexibility index (Phi) is 6.29. The number of nitrogens with one attached hydrogen (secondary N) is 1. The quantitative estimate of drug-likeness (QED) is 0.450. The third-order valence-corrected chi connectivity index (χ3v) is 5.74. The van der Waals surface area contributed by atoms with Gasteiger partial charge in [0.1, 0.15) is 0 Å². The Balaban J connectivity index is 1.74. The summed E-state index contributed by atoms with van der Waals surface area (Å²) >= 11 is 5.67. The van der Waals surface area contributed by atoms with Gasteiger partial charge in [0.15, 0.2) is 5.11 Å². The largest absolute Gasteiger partial charge is 0.465 e. The lowest BCUT2D eigenvalue weighted by atomic mass is 10.0. The molecule has 0 amide bonds. The van der Waals surface area contributed by atoms with Crippen molar-refractivity contribution < 1.29 is 14.3 Å². The Morgan fingerprint density at radius 3 is 2.61 bits per heavy atom. The fraction of sp³-hybridized carbons (Fsp3) is 0.261. The molecule has 0 unspecified atom stereocenters. The van der Waals surface area contributed by atoms with Crippen molar-refractivity contribution in [3.8, 4) is 5.69 Å². The molecule has 7 nitrogen and oxygen atoms in total. The molecule has 1 aliphatic heterocycles. The van der Waals surface area contributed by atoms with Crippen molar-refractivity contribution in [3.05, 3.63) is 83.9 Å². The highest BCUT2D eigenvalue weighted by Crippen LogP contribution is 2.39. The van der Waals surface area contributed by atoms with E-state index in [4.69, 9.17) is 21.7 Å². The topological polar surface area (TPSA) is 68.6 Å². The van der Waals surface area contributed by atoms with Gasteiger partial charge in [0.25, 0.3) is 0 Å². The van der Waals surface area contributed by atoms with Crippen molar-refractivity contribution in [1.29, 1.82) is 0 Å². The van der Waals surface area contributed by atoms with Crippen molar-refractivity contribution in [1.82, 2.24) is 19.8 Å². The Hall–Kier alpha value is -3.23. The summed E-state index contributed by atoms with van der Waals surface area (Å²) in [4.78, 5) is 18.5. The van der Waals surface area contributed by atoms with Gasteiger partial charge in [-0.1, -0.05) is 6.07 Å². The molecular weight excluding hydrogens is 412 g/mol. The maximum absolute atomic E-state index is 11.8. The van der Waals surface area contributed by atoms with Crippen LogP contribution in [0.2, 0.25) is 0 Å². The first-order valence-corrected chi connectivity index (χ1v) is 10.4. The molecule has 3 heterocycles. The monoisotopic (exact) mass is 436 g/mol. The summed E-state index contributed by atoms with van der Waals surface area (Å²) < 4.78 is 12.2. The SMILES string of the molecule is COCCN1C(=S)N[C@H](c2ccccn2)[C@H]1c1cccn1-c1ccc(C(=O)OC)cc1. The minimum absolute atomic E-state index is 0.0761. The summed E-state index contributed by atoms with van der Waals surface area (Å²) in [6.45, 7) is 1.21. The van der Waals surface area contributed by atoms with Gasteiger partial charge >= 0.3 is 5.97 Å². The maximum Gasteiger partial charge on any atom is 0.337 e. The smallest absolute Gasteiger partial charge is 0.337 e. The van der Waals surface area contributed by atoms with E-state index < -0.39 is 0 Å². The van der Waals surface area contributed by atoms with Crippen molar-refractivity contribution in [2.45, 2.75) is 12.1 Å². The molecule has 8 heteroatoms. The highest BCUT2D eigenvalue weighted by molar-refractivity contribution is 7.80. The number of carbonyl (C=O) groups is 1. The van der Waals surface area contributed by atoms with Crippen LogP contribution in [0.25, 0.3) is 5.69 Å². The van der Waals surface area contributed by atoms with Crippen LogP contribution >= 0.6 is 12.2 Å². The molecule has 1 saturated heterocycles. The number of aromatic nitrogens is 2. The van der Waals surface area contributed by atoms with Crippen molar-refractivity contribution in [2.75, 3.05) is 27.4 Å². The second kappa shape index (κ2) is 9.28. The first-order chi connectivity index (χ1) is 15.1. The third-order valence-electron chi connectivity index (χ3n) is 5.38. The first-order valence-electron chi connectivity index (χ1n) is 9.97. The normalized spacial score (nSPS) is 18.1. The van der Waals surface area contributed by atoms with Crippen LogP contribution in [0, 0.1) is 0 Å². The van der Waals surface area contributed by atoms with Crippen LogP contribution in [-0.2, 0) is 9.47 Å². The standard InChI is InChI=1S/C23H24N4O3S/c1-29-15-14-27-21(20(25-23(27)31)18-6-3-4-12-24-18)19-7-5-13-26(19)17-10-8-16(9-11-17)22(28)30-2/h3-13,20-21H,14-15H2,1-2H3,(H,25,31)/t20-,21-/m1/s1. The van der Waals surface area contributed by atoms with Crippen LogP contribution in [0.4, 0.5) is 0 Å². The summed E-state index contributed by atoms with van der Waals surface area (Å²) in [5, 5.41) is 4.12. The molecule has 1 aromatic carbocycles. The zero-order valence-electron chi connectivity index (χ0n) is 17.4. The molecule has 0 saturated carbocycles.